The van der Waals surface area contributed by atoms with E-state index < -0.39 is 0 Å². The van der Waals surface area contributed by atoms with Gasteiger partial charge in [-0.05, 0) is 24.4 Å². The second-order valence-electron chi connectivity index (χ2n) is 3.81. The maximum absolute atomic E-state index is 5.84. The molecule has 0 saturated carbocycles. The third-order valence-electron chi connectivity index (χ3n) is 2.71. The van der Waals surface area contributed by atoms with E-state index in [9.17, 15) is 0 Å². The number of benzene rings is 1. The summed E-state index contributed by atoms with van der Waals surface area (Å²) in [6.45, 7) is 0.435. The maximum atomic E-state index is 5.84. The van der Waals surface area contributed by atoms with Gasteiger partial charge in [-0.2, -0.15) is 5.10 Å². The highest BCUT2D eigenvalue weighted by atomic mass is 32.1. The van der Waals surface area contributed by atoms with Crippen molar-refractivity contribution >= 4 is 12.2 Å². The van der Waals surface area contributed by atoms with Gasteiger partial charge in [0, 0.05) is 7.05 Å². The lowest BCUT2D eigenvalue weighted by molar-refractivity contribution is 0.0828. The normalized spacial score (nSPS) is 18.1. The Labute approximate surface area is 103 Å². The van der Waals surface area contributed by atoms with E-state index >= 15 is 0 Å². The first-order chi connectivity index (χ1) is 8.25. The molecule has 0 amide bonds. The minimum absolute atomic E-state index is 0.233. The molecular formula is C11H11N3O2S. The zero-order valence-electron chi connectivity index (χ0n) is 9.21. The molecule has 2 heterocycles. The summed E-state index contributed by atoms with van der Waals surface area (Å²) in [5, 5.41) is 6.89. The molecule has 3 rings (SSSR count). The number of ether oxygens (including phenoxy) is 2. The molecule has 0 saturated heterocycles. The van der Waals surface area contributed by atoms with Crippen LogP contribution in [0.1, 0.15) is 11.9 Å². The zero-order valence-corrected chi connectivity index (χ0v) is 10.0. The van der Waals surface area contributed by atoms with Crippen molar-refractivity contribution in [1.29, 1.82) is 0 Å². The van der Waals surface area contributed by atoms with Crippen molar-refractivity contribution in [3.63, 3.8) is 0 Å². The number of rotatable bonds is 1. The Morgan fingerprint density at radius 2 is 2.18 bits per heavy atom. The van der Waals surface area contributed by atoms with Crippen LogP contribution in [0.3, 0.4) is 0 Å². The minimum atomic E-state index is -0.233. The average Bonchev–Trinajstić information content (AvgIpc) is 2.70. The Bertz CT molecular complexity index is 605. The van der Waals surface area contributed by atoms with E-state index in [1.165, 1.54) is 0 Å². The summed E-state index contributed by atoms with van der Waals surface area (Å²) < 4.78 is 13.8. The molecular weight excluding hydrogens is 238 g/mol. The molecule has 0 fully saturated rings. The third-order valence-corrected chi connectivity index (χ3v) is 3.08. The fourth-order valence-electron chi connectivity index (χ4n) is 1.79. The molecule has 5 nitrogen and oxygen atoms in total. The lowest BCUT2D eigenvalue weighted by Gasteiger charge is -2.25. The lowest BCUT2D eigenvalue weighted by atomic mass is 10.2. The monoisotopic (exact) mass is 249 g/mol. The smallest absolute Gasteiger partial charge is 0.195 e. The summed E-state index contributed by atoms with van der Waals surface area (Å²) in [4.78, 5) is 0. The molecule has 0 unspecified atom stereocenters. The van der Waals surface area contributed by atoms with Crippen molar-refractivity contribution in [2.24, 2.45) is 7.05 Å². The number of nitrogens with one attached hydrogen (secondary N) is 1. The first kappa shape index (κ1) is 10.3. The van der Waals surface area contributed by atoms with Gasteiger partial charge < -0.3 is 14.0 Å². The average molecular weight is 249 g/mol. The number of hydrogen-bond acceptors (Lipinski definition) is 4. The Morgan fingerprint density at radius 1 is 1.41 bits per heavy atom. The summed E-state index contributed by atoms with van der Waals surface area (Å²) in [7, 11) is 1.85. The van der Waals surface area contributed by atoms with Crippen LogP contribution in [0.5, 0.6) is 11.5 Å². The van der Waals surface area contributed by atoms with E-state index in [2.05, 4.69) is 10.2 Å². The molecule has 1 N–H and O–H groups in total. The number of aromatic nitrogens is 3. The molecule has 0 spiro atoms. The molecule has 88 valence electrons. The highest BCUT2D eigenvalue weighted by molar-refractivity contribution is 7.71. The van der Waals surface area contributed by atoms with Crippen molar-refractivity contribution in [2.45, 2.75) is 6.10 Å². The van der Waals surface area contributed by atoms with Crippen molar-refractivity contribution in [3.8, 4) is 11.5 Å². The van der Waals surface area contributed by atoms with E-state index in [1.807, 2.05) is 31.3 Å². The summed E-state index contributed by atoms with van der Waals surface area (Å²) in [6.07, 6.45) is -0.233. The third kappa shape index (κ3) is 1.70. The van der Waals surface area contributed by atoms with E-state index in [1.54, 1.807) is 4.57 Å². The highest BCUT2D eigenvalue weighted by Crippen LogP contribution is 2.35. The molecule has 1 aromatic heterocycles. The zero-order chi connectivity index (χ0) is 11.8. The van der Waals surface area contributed by atoms with Crippen LogP contribution in [0.4, 0.5) is 0 Å². The molecule has 17 heavy (non-hydrogen) atoms. The predicted molar refractivity (Wildman–Crippen MR) is 63.7 cm³/mol. The predicted octanol–water partition coefficient (Wildman–Crippen LogP) is 1.99. The number of hydrogen-bond donors (Lipinski definition) is 1. The molecule has 1 aromatic carbocycles. The molecule has 1 aliphatic heterocycles. The van der Waals surface area contributed by atoms with Gasteiger partial charge in [-0.25, -0.2) is 0 Å². The Hall–Kier alpha value is -1.82. The molecule has 0 radical (unpaired) electrons. The number of para-hydroxylation sites is 2. The molecule has 2 aromatic rings. The van der Waals surface area contributed by atoms with Crippen LogP contribution in [-0.2, 0) is 7.05 Å². The second kappa shape index (κ2) is 3.89. The van der Waals surface area contributed by atoms with Gasteiger partial charge >= 0.3 is 0 Å². The Morgan fingerprint density at radius 3 is 2.88 bits per heavy atom. The van der Waals surface area contributed by atoms with E-state index in [0.717, 1.165) is 17.3 Å². The Balaban J connectivity index is 1.94. The summed E-state index contributed by atoms with van der Waals surface area (Å²) in [5.41, 5.74) is 0. The summed E-state index contributed by atoms with van der Waals surface area (Å²) in [6, 6.07) is 7.59. The van der Waals surface area contributed by atoms with Crippen LogP contribution >= 0.6 is 12.2 Å². The van der Waals surface area contributed by atoms with Crippen molar-refractivity contribution in [2.75, 3.05) is 6.61 Å². The number of fused-ring (bicyclic) bond motifs is 1. The van der Waals surface area contributed by atoms with Gasteiger partial charge in [0.15, 0.2) is 28.2 Å². The van der Waals surface area contributed by atoms with Gasteiger partial charge in [0.05, 0.1) is 0 Å². The van der Waals surface area contributed by atoms with Gasteiger partial charge in [-0.15, -0.1) is 0 Å². The molecule has 6 heteroatoms. The van der Waals surface area contributed by atoms with E-state index in [-0.39, 0.29) is 6.10 Å². The fraction of sp³-hybridized carbons (Fsp3) is 0.273. The standard InChI is InChI=1S/C11H11N3O2S/c1-14-10(12-13-11(14)17)9-6-15-7-4-2-3-5-8(7)16-9/h2-5,9H,6H2,1H3,(H,13,17)/t9-/m0/s1. The molecule has 1 aliphatic rings. The van der Waals surface area contributed by atoms with Gasteiger partial charge in [0.2, 0.25) is 0 Å². The van der Waals surface area contributed by atoms with E-state index in [0.29, 0.717) is 11.4 Å². The number of H-pyrrole nitrogens is 1. The summed E-state index contributed by atoms with van der Waals surface area (Å²) in [5.74, 6) is 2.24. The van der Waals surface area contributed by atoms with Crippen LogP contribution in [0, 0.1) is 4.77 Å². The van der Waals surface area contributed by atoms with Crippen LogP contribution < -0.4 is 9.47 Å². The number of nitrogens with zero attached hydrogens (tertiary/aromatic N) is 2. The largest absolute Gasteiger partial charge is 0.485 e. The quantitative estimate of drug-likeness (QED) is 0.785. The SMILES string of the molecule is Cn1c([C@@H]2COc3ccccc3O2)n[nH]c1=S. The lowest BCUT2D eigenvalue weighted by Crippen LogP contribution is -2.24. The second-order valence-corrected chi connectivity index (χ2v) is 4.20. The van der Waals surface area contributed by atoms with Gasteiger partial charge in [0.1, 0.15) is 6.61 Å². The Kier molecular flexibility index (Phi) is 2.36. The van der Waals surface area contributed by atoms with Crippen molar-refractivity contribution in [3.05, 3.63) is 34.9 Å². The summed E-state index contributed by atoms with van der Waals surface area (Å²) >= 11 is 5.07. The van der Waals surface area contributed by atoms with Crippen LogP contribution in [0.25, 0.3) is 0 Å². The highest BCUT2D eigenvalue weighted by Gasteiger charge is 2.25. The molecule has 0 aliphatic carbocycles. The maximum Gasteiger partial charge on any atom is 0.195 e. The van der Waals surface area contributed by atoms with Crippen molar-refractivity contribution < 1.29 is 9.47 Å². The fourth-order valence-corrected chi connectivity index (χ4v) is 1.93. The molecule has 0 bridgehead atoms. The van der Waals surface area contributed by atoms with Crippen LogP contribution in [-0.4, -0.2) is 21.4 Å². The van der Waals surface area contributed by atoms with Gasteiger partial charge in [-0.1, -0.05) is 12.1 Å². The topological polar surface area (TPSA) is 52.1 Å². The van der Waals surface area contributed by atoms with Gasteiger partial charge in [-0.3, -0.25) is 5.10 Å². The first-order valence-corrected chi connectivity index (χ1v) is 5.66. The minimum Gasteiger partial charge on any atom is -0.485 e. The molecule has 1 atom stereocenters. The van der Waals surface area contributed by atoms with Crippen LogP contribution in [0.2, 0.25) is 0 Å². The number of aromatic amines is 1. The first-order valence-electron chi connectivity index (χ1n) is 5.25. The van der Waals surface area contributed by atoms with Crippen molar-refractivity contribution in [1.82, 2.24) is 14.8 Å². The van der Waals surface area contributed by atoms with Gasteiger partial charge in [0.25, 0.3) is 0 Å². The van der Waals surface area contributed by atoms with E-state index in [4.69, 9.17) is 21.7 Å². The van der Waals surface area contributed by atoms with Crippen LogP contribution in [0.15, 0.2) is 24.3 Å².